The topological polar surface area (TPSA) is 28.2 Å². The molecule has 1 aromatic rings. The molecule has 0 radical (unpaired) electrons. The molecular formula is C10H15N3S. The Bertz CT molecular complexity index is 294. The third-order valence-electron chi connectivity index (χ3n) is 3.04. The van der Waals surface area contributed by atoms with E-state index in [0.717, 1.165) is 19.1 Å². The Hall–Kier alpha value is -0.450. The maximum absolute atomic E-state index is 4.44. The lowest BCUT2D eigenvalue weighted by Crippen LogP contribution is -2.46. The summed E-state index contributed by atoms with van der Waals surface area (Å²) in [6, 6.07) is 1.39. The number of hydrogen-bond donors (Lipinski definition) is 1. The molecule has 1 aromatic heterocycles. The zero-order valence-electron chi connectivity index (χ0n) is 8.15. The van der Waals surface area contributed by atoms with Gasteiger partial charge in [0.2, 0.25) is 0 Å². The Morgan fingerprint density at radius 1 is 1.50 bits per heavy atom. The van der Waals surface area contributed by atoms with Crippen LogP contribution in [-0.2, 0) is 0 Å². The first kappa shape index (κ1) is 8.83. The lowest BCUT2D eigenvalue weighted by atomic mass is 10.2. The summed E-state index contributed by atoms with van der Waals surface area (Å²) in [5.41, 5.74) is 0. The highest BCUT2D eigenvalue weighted by atomic mass is 32.1. The van der Waals surface area contributed by atoms with Crippen LogP contribution in [0.3, 0.4) is 0 Å². The molecule has 2 aliphatic rings. The standard InChI is InChI=1S/C10H15N3S/c1-2-8(1)13-5-3-11-7-9(13)10-12-4-6-14-10/h4,6,8-9,11H,1-3,5,7H2. The zero-order chi connectivity index (χ0) is 9.38. The number of thiazole rings is 1. The Labute approximate surface area is 88.1 Å². The second-order valence-electron chi connectivity index (χ2n) is 4.06. The lowest BCUT2D eigenvalue weighted by molar-refractivity contribution is 0.152. The first-order valence-corrected chi connectivity index (χ1v) is 6.19. The predicted molar refractivity (Wildman–Crippen MR) is 57.5 cm³/mol. The fourth-order valence-corrected chi connectivity index (χ4v) is 2.95. The average Bonchev–Trinajstić information content (AvgIpc) is 2.94. The van der Waals surface area contributed by atoms with E-state index in [1.54, 1.807) is 11.3 Å². The predicted octanol–water partition coefficient (Wildman–Crippen LogP) is 1.25. The molecule has 3 rings (SSSR count). The van der Waals surface area contributed by atoms with E-state index < -0.39 is 0 Å². The molecule has 1 unspecified atom stereocenters. The molecule has 4 heteroatoms. The van der Waals surface area contributed by atoms with E-state index in [1.807, 2.05) is 6.20 Å². The van der Waals surface area contributed by atoms with Crippen molar-refractivity contribution in [2.75, 3.05) is 19.6 Å². The van der Waals surface area contributed by atoms with Gasteiger partial charge in [-0.3, -0.25) is 4.90 Å². The Balaban J connectivity index is 1.80. The van der Waals surface area contributed by atoms with Crippen LogP contribution in [0.1, 0.15) is 23.9 Å². The van der Waals surface area contributed by atoms with E-state index in [4.69, 9.17) is 0 Å². The smallest absolute Gasteiger partial charge is 0.111 e. The van der Waals surface area contributed by atoms with Gasteiger partial charge in [-0.15, -0.1) is 11.3 Å². The zero-order valence-corrected chi connectivity index (χ0v) is 8.96. The van der Waals surface area contributed by atoms with Gasteiger partial charge in [-0.2, -0.15) is 0 Å². The molecule has 1 aliphatic heterocycles. The van der Waals surface area contributed by atoms with Crippen LogP contribution >= 0.6 is 11.3 Å². The van der Waals surface area contributed by atoms with Gasteiger partial charge in [0, 0.05) is 37.3 Å². The van der Waals surface area contributed by atoms with Gasteiger partial charge in [-0.05, 0) is 12.8 Å². The van der Waals surface area contributed by atoms with Crippen LogP contribution in [0.2, 0.25) is 0 Å². The Kier molecular flexibility index (Phi) is 2.27. The summed E-state index contributed by atoms with van der Waals surface area (Å²) in [6.45, 7) is 3.40. The van der Waals surface area contributed by atoms with Crippen molar-refractivity contribution < 1.29 is 0 Å². The van der Waals surface area contributed by atoms with E-state index in [1.165, 1.54) is 24.4 Å². The van der Waals surface area contributed by atoms with Gasteiger partial charge < -0.3 is 5.32 Å². The molecule has 0 aromatic carbocycles. The van der Waals surface area contributed by atoms with Crippen molar-refractivity contribution in [3.05, 3.63) is 16.6 Å². The average molecular weight is 209 g/mol. The first-order valence-electron chi connectivity index (χ1n) is 5.31. The second-order valence-corrected chi connectivity index (χ2v) is 4.99. The molecule has 2 heterocycles. The van der Waals surface area contributed by atoms with Gasteiger partial charge in [-0.1, -0.05) is 0 Å². The molecular weight excluding hydrogens is 194 g/mol. The fraction of sp³-hybridized carbons (Fsp3) is 0.700. The molecule has 76 valence electrons. The summed E-state index contributed by atoms with van der Waals surface area (Å²) in [5, 5.41) is 6.82. The minimum Gasteiger partial charge on any atom is -0.313 e. The van der Waals surface area contributed by atoms with Crippen molar-refractivity contribution in [3.8, 4) is 0 Å². The van der Waals surface area contributed by atoms with Crippen LogP contribution in [0, 0.1) is 0 Å². The molecule has 1 saturated heterocycles. The van der Waals surface area contributed by atoms with Crippen LogP contribution in [0.5, 0.6) is 0 Å². The van der Waals surface area contributed by atoms with Crippen LogP contribution < -0.4 is 5.32 Å². The van der Waals surface area contributed by atoms with Crippen LogP contribution in [0.4, 0.5) is 0 Å². The second kappa shape index (κ2) is 3.61. The molecule has 2 fully saturated rings. The summed E-state index contributed by atoms with van der Waals surface area (Å²) >= 11 is 1.79. The van der Waals surface area contributed by atoms with E-state index in [9.17, 15) is 0 Å². The van der Waals surface area contributed by atoms with Crippen molar-refractivity contribution in [1.29, 1.82) is 0 Å². The Morgan fingerprint density at radius 2 is 2.43 bits per heavy atom. The Morgan fingerprint density at radius 3 is 3.14 bits per heavy atom. The van der Waals surface area contributed by atoms with Crippen molar-refractivity contribution >= 4 is 11.3 Å². The van der Waals surface area contributed by atoms with Gasteiger partial charge >= 0.3 is 0 Å². The number of nitrogens with zero attached hydrogens (tertiary/aromatic N) is 2. The van der Waals surface area contributed by atoms with Crippen LogP contribution in [0.25, 0.3) is 0 Å². The van der Waals surface area contributed by atoms with Gasteiger partial charge in [0.1, 0.15) is 5.01 Å². The van der Waals surface area contributed by atoms with Crippen molar-refractivity contribution in [1.82, 2.24) is 15.2 Å². The number of hydrogen-bond acceptors (Lipinski definition) is 4. The highest BCUT2D eigenvalue weighted by Crippen LogP contribution is 2.35. The van der Waals surface area contributed by atoms with Gasteiger partial charge in [0.25, 0.3) is 0 Å². The summed E-state index contributed by atoms with van der Waals surface area (Å²) in [7, 11) is 0. The quantitative estimate of drug-likeness (QED) is 0.794. The summed E-state index contributed by atoms with van der Waals surface area (Å²) in [4.78, 5) is 7.07. The third-order valence-corrected chi connectivity index (χ3v) is 3.91. The highest BCUT2D eigenvalue weighted by Gasteiger charge is 2.36. The van der Waals surface area contributed by atoms with E-state index >= 15 is 0 Å². The molecule has 0 spiro atoms. The molecule has 1 N–H and O–H groups in total. The molecule has 0 bridgehead atoms. The van der Waals surface area contributed by atoms with Gasteiger partial charge in [-0.25, -0.2) is 4.98 Å². The summed E-state index contributed by atoms with van der Waals surface area (Å²) in [5.74, 6) is 0. The minimum absolute atomic E-state index is 0.538. The molecule has 0 amide bonds. The summed E-state index contributed by atoms with van der Waals surface area (Å²) < 4.78 is 0. The van der Waals surface area contributed by atoms with Crippen molar-refractivity contribution in [3.63, 3.8) is 0 Å². The molecule has 3 nitrogen and oxygen atoms in total. The molecule has 1 saturated carbocycles. The normalized spacial score (nSPS) is 29.3. The van der Waals surface area contributed by atoms with Gasteiger partial charge in [0.05, 0.1) is 6.04 Å². The van der Waals surface area contributed by atoms with Crippen LogP contribution in [0.15, 0.2) is 11.6 Å². The fourth-order valence-electron chi connectivity index (χ4n) is 2.19. The number of nitrogens with one attached hydrogen (secondary N) is 1. The number of rotatable bonds is 2. The molecule has 14 heavy (non-hydrogen) atoms. The first-order chi connectivity index (χ1) is 6.95. The van der Waals surface area contributed by atoms with E-state index in [0.29, 0.717) is 6.04 Å². The maximum atomic E-state index is 4.44. The van der Waals surface area contributed by atoms with Crippen molar-refractivity contribution in [2.45, 2.75) is 24.9 Å². The largest absolute Gasteiger partial charge is 0.313 e. The number of aromatic nitrogens is 1. The van der Waals surface area contributed by atoms with Crippen LogP contribution in [-0.4, -0.2) is 35.6 Å². The maximum Gasteiger partial charge on any atom is 0.111 e. The number of piperazine rings is 1. The monoisotopic (exact) mass is 209 g/mol. The SMILES string of the molecule is c1csc(C2CNCCN2C2CC2)n1. The lowest BCUT2D eigenvalue weighted by Gasteiger charge is -2.35. The molecule has 1 aliphatic carbocycles. The molecule has 1 atom stereocenters. The highest BCUT2D eigenvalue weighted by molar-refractivity contribution is 7.09. The summed E-state index contributed by atoms with van der Waals surface area (Å²) in [6.07, 6.45) is 4.70. The van der Waals surface area contributed by atoms with Crippen molar-refractivity contribution in [2.24, 2.45) is 0 Å². The van der Waals surface area contributed by atoms with Gasteiger partial charge in [0.15, 0.2) is 0 Å². The minimum atomic E-state index is 0.538. The van der Waals surface area contributed by atoms with E-state index in [2.05, 4.69) is 20.6 Å². The third kappa shape index (κ3) is 1.58. The van der Waals surface area contributed by atoms with E-state index in [-0.39, 0.29) is 0 Å².